The zero-order valence-electron chi connectivity index (χ0n) is 7.81. The lowest BCUT2D eigenvalue weighted by Gasteiger charge is -2.02. The molecule has 0 amide bonds. The Labute approximate surface area is 85.8 Å². The summed E-state index contributed by atoms with van der Waals surface area (Å²) in [7, 11) is 0. The van der Waals surface area contributed by atoms with Crippen LogP contribution in [0.15, 0.2) is 30.3 Å². The van der Waals surface area contributed by atoms with E-state index >= 15 is 0 Å². The van der Waals surface area contributed by atoms with Crippen LogP contribution in [0.25, 0.3) is 11.3 Å². The van der Waals surface area contributed by atoms with Crippen LogP contribution in [-0.2, 0) is 0 Å². The van der Waals surface area contributed by atoms with E-state index < -0.39 is 0 Å². The molecule has 76 valence electrons. The van der Waals surface area contributed by atoms with Gasteiger partial charge in [0.05, 0.1) is 5.69 Å². The highest BCUT2D eigenvalue weighted by Gasteiger charge is 2.02. The first-order valence-electron chi connectivity index (χ1n) is 4.31. The fourth-order valence-corrected chi connectivity index (χ4v) is 1.25. The molecular formula is C10H9FN4. The first-order valence-corrected chi connectivity index (χ1v) is 4.31. The van der Waals surface area contributed by atoms with Gasteiger partial charge in [-0.25, -0.2) is 9.37 Å². The Bertz CT molecular complexity index is 461. The number of nitrogens with two attached hydrogens (primary N) is 2. The van der Waals surface area contributed by atoms with Gasteiger partial charge in [0.1, 0.15) is 11.6 Å². The monoisotopic (exact) mass is 204 g/mol. The second-order valence-corrected chi connectivity index (χ2v) is 3.04. The second-order valence-electron chi connectivity index (χ2n) is 3.04. The normalized spacial score (nSPS) is 10.2. The van der Waals surface area contributed by atoms with Gasteiger partial charge in [-0.1, -0.05) is 0 Å². The Morgan fingerprint density at radius 3 is 2.27 bits per heavy atom. The second kappa shape index (κ2) is 3.53. The summed E-state index contributed by atoms with van der Waals surface area (Å²) in [6.45, 7) is 0. The highest BCUT2D eigenvalue weighted by atomic mass is 19.1. The lowest BCUT2D eigenvalue weighted by atomic mass is 10.1. The maximum absolute atomic E-state index is 12.7. The zero-order valence-corrected chi connectivity index (χ0v) is 7.81. The average molecular weight is 204 g/mol. The van der Waals surface area contributed by atoms with Gasteiger partial charge in [-0.3, -0.25) is 0 Å². The quantitative estimate of drug-likeness (QED) is 0.736. The Kier molecular flexibility index (Phi) is 2.21. The van der Waals surface area contributed by atoms with E-state index in [0.717, 1.165) is 5.56 Å². The van der Waals surface area contributed by atoms with Gasteiger partial charge in [0.25, 0.3) is 0 Å². The Morgan fingerprint density at radius 2 is 1.67 bits per heavy atom. The summed E-state index contributed by atoms with van der Waals surface area (Å²) >= 11 is 0. The van der Waals surface area contributed by atoms with Crippen molar-refractivity contribution in [2.24, 2.45) is 0 Å². The van der Waals surface area contributed by atoms with Crippen molar-refractivity contribution >= 4 is 11.8 Å². The summed E-state index contributed by atoms with van der Waals surface area (Å²) in [4.78, 5) is 7.75. The predicted octanol–water partition coefficient (Wildman–Crippen LogP) is 1.45. The third-order valence-corrected chi connectivity index (χ3v) is 1.90. The smallest absolute Gasteiger partial charge is 0.222 e. The van der Waals surface area contributed by atoms with Crippen molar-refractivity contribution in [3.05, 3.63) is 36.1 Å². The summed E-state index contributed by atoms with van der Waals surface area (Å²) < 4.78 is 12.7. The van der Waals surface area contributed by atoms with Gasteiger partial charge in [-0.2, -0.15) is 4.98 Å². The number of hydrogen-bond acceptors (Lipinski definition) is 4. The van der Waals surface area contributed by atoms with E-state index in [-0.39, 0.29) is 11.8 Å². The first-order chi connectivity index (χ1) is 7.15. The highest BCUT2D eigenvalue weighted by molar-refractivity contribution is 5.63. The summed E-state index contributed by atoms with van der Waals surface area (Å²) in [5.41, 5.74) is 12.3. The topological polar surface area (TPSA) is 77.8 Å². The van der Waals surface area contributed by atoms with E-state index in [1.54, 1.807) is 18.2 Å². The van der Waals surface area contributed by atoms with Gasteiger partial charge in [0, 0.05) is 11.6 Å². The van der Waals surface area contributed by atoms with E-state index in [4.69, 9.17) is 11.5 Å². The summed E-state index contributed by atoms with van der Waals surface area (Å²) in [5.74, 6) is 0.102. The molecule has 4 nitrogen and oxygen atoms in total. The van der Waals surface area contributed by atoms with Crippen LogP contribution >= 0.6 is 0 Å². The first kappa shape index (κ1) is 9.39. The maximum atomic E-state index is 12.7. The Hall–Kier alpha value is -2.17. The third-order valence-electron chi connectivity index (χ3n) is 1.90. The average Bonchev–Trinajstić information content (AvgIpc) is 2.17. The highest BCUT2D eigenvalue weighted by Crippen LogP contribution is 2.19. The van der Waals surface area contributed by atoms with Crippen molar-refractivity contribution in [3.8, 4) is 11.3 Å². The molecule has 0 unspecified atom stereocenters. The third kappa shape index (κ3) is 2.01. The largest absolute Gasteiger partial charge is 0.384 e. The maximum Gasteiger partial charge on any atom is 0.222 e. The summed E-state index contributed by atoms with van der Waals surface area (Å²) in [6, 6.07) is 7.50. The number of nitrogen functional groups attached to an aromatic ring is 2. The van der Waals surface area contributed by atoms with Crippen molar-refractivity contribution in [3.63, 3.8) is 0 Å². The molecule has 0 aliphatic heterocycles. The van der Waals surface area contributed by atoms with Crippen LogP contribution in [0.3, 0.4) is 0 Å². The SMILES string of the molecule is Nc1cc(-c2ccc(F)cc2)nc(N)n1. The van der Waals surface area contributed by atoms with Crippen molar-refractivity contribution in [1.82, 2.24) is 9.97 Å². The van der Waals surface area contributed by atoms with Crippen molar-refractivity contribution < 1.29 is 4.39 Å². The molecule has 4 N–H and O–H groups in total. The van der Waals surface area contributed by atoms with Crippen LogP contribution in [0.4, 0.5) is 16.2 Å². The van der Waals surface area contributed by atoms with E-state index in [1.807, 2.05) is 0 Å². The number of benzene rings is 1. The molecular weight excluding hydrogens is 195 g/mol. The lowest BCUT2D eigenvalue weighted by Crippen LogP contribution is -2.00. The minimum atomic E-state index is -0.297. The molecule has 1 heterocycles. The Balaban J connectivity index is 2.49. The molecule has 15 heavy (non-hydrogen) atoms. The van der Waals surface area contributed by atoms with Crippen molar-refractivity contribution in [1.29, 1.82) is 0 Å². The molecule has 0 fully saturated rings. The summed E-state index contributed by atoms with van der Waals surface area (Å²) in [5, 5.41) is 0. The molecule has 2 aromatic rings. The minimum absolute atomic E-state index is 0.106. The Morgan fingerprint density at radius 1 is 1.00 bits per heavy atom. The van der Waals surface area contributed by atoms with Gasteiger partial charge in [0.15, 0.2) is 0 Å². The molecule has 0 bridgehead atoms. The lowest BCUT2D eigenvalue weighted by molar-refractivity contribution is 0.628. The molecule has 0 spiro atoms. The molecule has 0 saturated heterocycles. The molecule has 0 aliphatic carbocycles. The van der Waals surface area contributed by atoms with Crippen LogP contribution in [0.1, 0.15) is 0 Å². The summed E-state index contributed by atoms with van der Waals surface area (Å²) in [6.07, 6.45) is 0. The number of halogens is 1. The molecule has 5 heteroatoms. The molecule has 0 saturated carbocycles. The standard InChI is InChI=1S/C10H9FN4/c11-7-3-1-6(2-4-7)8-5-9(12)15-10(13)14-8/h1-5H,(H4,12,13,14,15). The van der Waals surface area contributed by atoms with Crippen LogP contribution in [0.2, 0.25) is 0 Å². The number of anilines is 2. The van der Waals surface area contributed by atoms with Gasteiger partial charge in [-0.05, 0) is 24.3 Å². The van der Waals surface area contributed by atoms with E-state index in [2.05, 4.69) is 9.97 Å². The van der Waals surface area contributed by atoms with Crippen molar-refractivity contribution in [2.75, 3.05) is 11.5 Å². The van der Waals surface area contributed by atoms with E-state index in [1.165, 1.54) is 12.1 Å². The molecule has 0 radical (unpaired) electrons. The molecule has 2 rings (SSSR count). The fraction of sp³-hybridized carbons (Fsp3) is 0. The van der Waals surface area contributed by atoms with Gasteiger partial charge in [0.2, 0.25) is 5.95 Å². The van der Waals surface area contributed by atoms with E-state index in [0.29, 0.717) is 11.5 Å². The van der Waals surface area contributed by atoms with E-state index in [9.17, 15) is 4.39 Å². The van der Waals surface area contributed by atoms with Crippen LogP contribution in [0.5, 0.6) is 0 Å². The minimum Gasteiger partial charge on any atom is -0.384 e. The number of nitrogens with zero attached hydrogens (tertiary/aromatic N) is 2. The molecule has 1 aromatic heterocycles. The van der Waals surface area contributed by atoms with Gasteiger partial charge < -0.3 is 11.5 Å². The van der Waals surface area contributed by atoms with Gasteiger partial charge >= 0.3 is 0 Å². The molecule has 1 aromatic carbocycles. The molecule has 0 atom stereocenters. The van der Waals surface area contributed by atoms with Gasteiger partial charge in [-0.15, -0.1) is 0 Å². The number of aromatic nitrogens is 2. The molecule has 0 aliphatic rings. The van der Waals surface area contributed by atoms with Crippen molar-refractivity contribution in [2.45, 2.75) is 0 Å². The number of rotatable bonds is 1. The fourth-order valence-electron chi connectivity index (χ4n) is 1.25. The van der Waals surface area contributed by atoms with Crippen LogP contribution < -0.4 is 11.5 Å². The van der Waals surface area contributed by atoms with Crippen LogP contribution in [-0.4, -0.2) is 9.97 Å². The zero-order chi connectivity index (χ0) is 10.8. The predicted molar refractivity (Wildman–Crippen MR) is 56.3 cm³/mol. The number of hydrogen-bond donors (Lipinski definition) is 2. The van der Waals surface area contributed by atoms with Crippen LogP contribution in [0, 0.1) is 5.82 Å².